The van der Waals surface area contributed by atoms with Gasteiger partial charge in [-0.15, -0.1) is 0 Å². The number of fused-ring (bicyclic) bond motifs is 4. The van der Waals surface area contributed by atoms with E-state index >= 15 is 0 Å². The second-order valence-electron chi connectivity index (χ2n) is 10.7. The maximum atomic E-state index is 13.3. The van der Waals surface area contributed by atoms with Crippen LogP contribution < -0.4 is 5.32 Å². The smallest absolute Gasteiger partial charge is 0.407 e. The molecule has 35 heavy (non-hydrogen) atoms. The molecule has 2 aromatic carbocycles. The van der Waals surface area contributed by atoms with E-state index in [0.717, 1.165) is 25.7 Å². The summed E-state index contributed by atoms with van der Waals surface area (Å²) in [6.07, 6.45) is 3.75. The summed E-state index contributed by atoms with van der Waals surface area (Å²) in [6, 6.07) is 16.3. The van der Waals surface area contributed by atoms with Gasteiger partial charge >= 0.3 is 12.1 Å². The van der Waals surface area contributed by atoms with Crippen molar-refractivity contribution in [3.63, 3.8) is 0 Å². The van der Waals surface area contributed by atoms with E-state index < -0.39 is 17.5 Å². The summed E-state index contributed by atoms with van der Waals surface area (Å²) < 4.78 is 5.68. The van der Waals surface area contributed by atoms with Crippen molar-refractivity contribution in [1.29, 1.82) is 0 Å². The zero-order valence-corrected chi connectivity index (χ0v) is 19.6. The molecule has 2 amide bonds. The first-order chi connectivity index (χ1) is 16.9. The monoisotopic (exact) mass is 474 g/mol. The van der Waals surface area contributed by atoms with Gasteiger partial charge in [-0.25, -0.2) is 4.79 Å². The topological polar surface area (TPSA) is 95.9 Å². The van der Waals surface area contributed by atoms with Gasteiger partial charge in [-0.1, -0.05) is 48.5 Å². The second kappa shape index (κ2) is 8.40. The third-order valence-electron chi connectivity index (χ3n) is 8.29. The summed E-state index contributed by atoms with van der Waals surface area (Å²) >= 11 is 0. The number of hydrogen-bond acceptors (Lipinski definition) is 4. The minimum atomic E-state index is -0.973. The molecule has 4 aliphatic rings. The molecule has 3 unspecified atom stereocenters. The van der Waals surface area contributed by atoms with Crippen LogP contribution >= 0.6 is 0 Å². The van der Waals surface area contributed by atoms with Crippen LogP contribution in [-0.2, 0) is 14.3 Å². The summed E-state index contributed by atoms with van der Waals surface area (Å²) in [4.78, 5) is 38.9. The molecule has 3 fully saturated rings. The molecule has 7 nitrogen and oxygen atoms in total. The van der Waals surface area contributed by atoms with Crippen LogP contribution in [0, 0.1) is 17.3 Å². The van der Waals surface area contributed by atoms with Crippen molar-refractivity contribution in [3.05, 3.63) is 59.7 Å². The van der Waals surface area contributed by atoms with Gasteiger partial charge in [0.25, 0.3) is 0 Å². The van der Waals surface area contributed by atoms with Gasteiger partial charge in [0.15, 0.2) is 0 Å². The zero-order chi connectivity index (χ0) is 24.2. The van der Waals surface area contributed by atoms with Crippen LogP contribution in [0.1, 0.15) is 49.1 Å². The van der Waals surface area contributed by atoms with Gasteiger partial charge in [-0.05, 0) is 66.2 Å². The van der Waals surface area contributed by atoms with Crippen molar-refractivity contribution in [2.24, 2.45) is 17.3 Å². The van der Waals surface area contributed by atoms with E-state index in [4.69, 9.17) is 4.74 Å². The second-order valence-corrected chi connectivity index (χ2v) is 10.7. The van der Waals surface area contributed by atoms with E-state index in [2.05, 4.69) is 29.6 Å². The van der Waals surface area contributed by atoms with Crippen LogP contribution in [0.15, 0.2) is 48.5 Å². The van der Waals surface area contributed by atoms with Crippen molar-refractivity contribution in [2.75, 3.05) is 19.7 Å². The Morgan fingerprint density at radius 3 is 2.29 bits per heavy atom. The normalized spacial score (nSPS) is 25.8. The Hall–Kier alpha value is -3.35. The molecule has 3 atom stereocenters. The Labute approximate surface area is 204 Å². The standard InChI is InChI=1S/C28H30N2O5/c31-25(32)15-30(14-17-9-10-17)26(33)28-12-18(28)11-19(13-28)29-27(34)35-16-24-22-7-3-1-5-20(22)21-6-2-4-8-23(21)24/h1-8,17-19,24H,9-16H2,(H,29,34)(H,31,32). The lowest BCUT2D eigenvalue weighted by molar-refractivity contribution is -0.147. The summed E-state index contributed by atoms with van der Waals surface area (Å²) in [7, 11) is 0. The molecule has 2 N–H and O–H groups in total. The lowest BCUT2D eigenvalue weighted by Gasteiger charge is -2.26. The Morgan fingerprint density at radius 1 is 1.00 bits per heavy atom. The van der Waals surface area contributed by atoms with E-state index in [1.54, 1.807) is 0 Å². The number of amides is 2. The fraction of sp³-hybridized carbons (Fsp3) is 0.464. The first-order valence-corrected chi connectivity index (χ1v) is 12.6. The van der Waals surface area contributed by atoms with Crippen molar-refractivity contribution in [2.45, 2.75) is 44.1 Å². The predicted molar refractivity (Wildman–Crippen MR) is 129 cm³/mol. The first-order valence-electron chi connectivity index (χ1n) is 12.6. The number of nitrogens with one attached hydrogen (secondary N) is 1. The van der Waals surface area contributed by atoms with Crippen molar-refractivity contribution < 1.29 is 24.2 Å². The highest BCUT2D eigenvalue weighted by molar-refractivity contribution is 5.89. The fourth-order valence-corrected chi connectivity index (χ4v) is 6.38. The Bertz CT molecular complexity index is 1150. The van der Waals surface area contributed by atoms with E-state index in [0.29, 0.717) is 18.9 Å². The lowest BCUT2D eigenvalue weighted by Crippen LogP contribution is -2.43. The molecule has 7 heteroatoms. The number of carbonyl (C=O) groups is 3. The third-order valence-corrected chi connectivity index (χ3v) is 8.29. The van der Waals surface area contributed by atoms with Gasteiger partial charge in [-0.3, -0.25) is 9.59 Å². The van der Waals surface area contributed by atoms with Crippen LogP contribution in [0.25, 0.3) is 11.1 Å². The Kier molecular flexibility index (Phi) is 5.31. The minimum Gasteiger partial charge on any atom is -0.480 e. The van der Waals surface area contributed by atoms with Gasteiger partial charge in [0.1, 0.15) is 13.2 Å². The SMILES string of the molecule is O=C(O)CN(CC1CC1)C(=O)C12CC(NC(=O)OCC3c4ccccc4-c4ccccc43)CC1C2. The number of alkyl carbamates (subject to hydrolysis) is 1. The summed E-state index contributed by atoms with van der Waals surface area (Å²) in [5.74, 6) is -0.370. The molecular weight excluding hydrogens is 444 g/mol. The van der Waals surface area contributed by atoms with Gasteiger partial charge in [0.2, 0.25) is 5.91 Å². The number of carbonyl (C=O) groups excluding carboxylic acids is 2. The largest absolute Gasteiger partial charge is 0.480 e. The first kappa shape index (κ1) is 22.1. The molecule has 0 bridgehead atoms. The molecule has 6 rings (SSSR count). The van der Waals surface area contributed by atoms with Crippen LogP contribution in [0.2, 0.25) is 0 Å². The third kappa shape index (κ3) is 4.07. The summed E-state index contributed by atoms with van der Waals surface area (Å²) in [6.45, 7) is 0.548. The van der Waals surface area contributed by atoms with E-state index in [-0.39, 0.29) is 36.9 Å². The van der Waals surface area contributed by atoms with Crippen molar-refractivity contribution >= 4 is 18.0 Å². The fourth-order valence-electron chi connectivity index (χ4n) is 6.38. The van der Waals surface area contributed by atoms with E-state index in [9.17, 15) is 19.5 Å². The quantitative estimate of drug-likeness (QED) is 0.603. The van der Waals surface area contributed by atoms with Gasteiger partial charge < -0.3 is 20.1 Å². The number of hydrogen-bond donors (Lipinski definition) is 2. The molecule has 0 aromatic heterocycles. The molecule has 0 spiro atoms. The summed E-state index contributed by atoms with van der Waals surface area (Å²) in [5.41, 5.74) is 4.20. The number of aliphatic carboxylic acids is 1. The lowest BCUT2D eigenvalue weighted by atomic mass is 9.98. The minimum absolute atomic E-state index is 0.00468. The van der Waals surface area contributed by atoms with Gasteiger partial charge in [0.05, 0.1) is 5.41 Å². The molecule has 2 aromatic rings. The highest BCUT2D eigenvalue weighted by atomic mass is 16.5. The number of carboxylic acid groups (broad SMARTS) is 1. The molecule has 4 aliphatic carbocycles. The van der Waals surface area contributed by atoms with Gasteiger partial charge in [0, 0.05) is 18.5 Å². The van der Waals surface area contributed by atoms with Crippen LogP contribution in [0.3, 0.4) is 0 Å². The molecule has 0 heterocycles. The molecule has 182 valence electrons. The highest BCUT2D eigenvalue weighted by Crippen LogP contribution is 2.64. The molecule has 0 radical (unpaired) electrons. The van der Waals surface area contributed by atoms with Crippen LogP contribution in [-0.4, -0.2) is 53.7 Å². The average molecular weight is 475 g/mol. The number of ether oxygens (including phenoxy) is 1. The number of carboxylic acids is 1. The number of benzene rings is 2. The average Bonchev–Trinajstić information content (AvgIpc) is 3.73. The maximum Gasteiger partial charge on any atom is 0.407 e. The van der Waals surface area contributed by atoms with E-state index in [1.165, 1.54) is 27.2 Å². The Balaban J connectivity index is 1.06. The Morgan fingerprint density at radius 2 is 1.66 bits per heavy atom. The predicted octanol–water partition coefficient (Wildman–Crippen LogP) is 4.02. The van der Waals surface area contributed by atoms with Crippen molar-refractivity contribution in [1.82, 2.24) is 10.2 Å². The van der Waals surface area contributed by atoms with Crippen LogP contribution in [0.5, 0.6) is 0 Å². The molecular formula is C28H30N2O5. The number of nitrogens with zero attached hydrogens (tertiary/aromatic N) is 1. The van der Waals surface area contributed by atoms with E-state index in [1.807, 2.05) is 24.3 Å². The summed E-state index contributed by atoms with van der Waals surface area (Å²) in [5, 5.41) is 12.3. The maximum absolute atomic E-state index is 13.3. The zero-order valence-electron chi connectivity index (χ0n) is 19.6. The number of rotatable bonds is 8. The molecule has 3 saturated carbocycles. The van der Waals surface area contributed by atoms with Gasteiger partial charge in [-0.2, -0.15) is 0 Å². The highest BCUT2D eigenvalue weighted by Gasteiger charge is 2.66. The van der Waals surface area contributed by atoms with Crippen LogP contribution in [0.4, 0.5) is 4.79 Å². The molecule has 0 aliphatic heterocycles. The van der Waals surface area contributed by atoms with Crippen molar-refractivity contribution in [3.8, 4) is 11.1 Å². The molecule has 0 saturated heterocycles.